The quantitative estimate of drug-likeness (QED) is 0.874. The first-order chi connectivity index (χ1) is 9.20. The molecule has 0 saturated carbocycles. The standard InChI is InChI=1S/C14H22N4O/c1-2-18(13-3-7-16-8-4-13)14(19)11-17-9-5-12(15)6-10-17/h3-4,7-8,12H,2,5-6,9-11,15H2,1H3. The van der Waals surface area contributed by atoms with Crippen LogP contribution in [0.5, 0.6) is 0 Å². The van der Waals surface area contributed by atoms with Crippen LogP contribution in [0.25, 0.3) is 0 Å². The zero-order chi connectivity index (χ0) is 13.7. The van der Waals surface area contributed by atoms with Gasteiger partial charge in [0.15, 0.2) is 0 Å². The number of hydrogen-bond donors (Lipinski definition) is 1. The zero-order valence-electron chi connectivity index (χ0n) is 11.5. The Balaban J connectivity index is 1.94. The summed E-state index contributed by atoms with van der Waals surface area (Å²) in [5.74, 6) is 0.143. The minimum Gasteiger partial charge on any atom is -0.328 e. The molecule has 1 aromatic heterocycles. The molecule has 2 rings (SSSR count). The number of aromatic nitrogens is 1. The van der Waals surface area contributed by atoms with Crippen LogP contribution in [-0.2, 0) is 4.79 Å². The van der Waals surface area contributed by atoms with Gasteiger partial charge >= 0.3 is 0 Å². The highest BCUT2D eigenvalue weighted by molar-refractivity contribution is 5.94. The van der Waals surface area contributed by atoms with Gasteiger partial charge in [0.25, 0.3) is 0 Å². The van der Waals surface area contributed by atoms with E-state index in [4.69, 9.17) is 5.73 Å². The normalized spacial score (nSPS) is 17.4. The molecule has 5 heteroatoms. The maximum absolute atomic E-state index is 12.4. The van der Waals surface area contributed by atoms with Crippen molar-refractivity contribution in [1.82, 2.24) is 9.88 Å². The van der Waals surface area contributed by atoms with Crippen LogP contribution in [0.3, 0.4) is 0 Å². The second kappa shape index (κ2) is 6.63. The number of carbonyl (C=O) groups is 1. The number of pyridine rings is 1. The van der Waals surface area contributed by atoms with E-state index in [2.05, 4.69) is 9.88 Å². The van der Waals surface area contributed by atoms with E-state index in [1.807, 2.05) is 19.1 Å². The number of hydrogen-bond acceptors (Lipinski definition) is 4. The maximum Gasteiger partial charge on any atom is 0.241 e. The van der Waals surface area contributed by atoms with Crippen molar-refractivity contribution in [1.29, 1.82) is 0 Å². The summed E-state index contributed by atoms with van der Waals surface area (Å²) in [6, 6.07) is 4.04. The van der Waals surface area contributed by atoms with Crippen LogP contribution in [0, 0.1) is 0 Å². The molecule has 0 spiro atoms. The summed E-state index contributed by atoms with van der Waals surface area (Å²) >= 11 is 0. The molecule has 0 radical (unpaired) electrons. The highest BCUT2D eigenvalue weighted by Gasteiger charge is 2.21. The molecule has 1 amide bonds. The van der Waals surface area contributed by atoms with Crippen molar-refractivity contribution in [3.8, 4) is 0 Å². The Labute approximate surface area is 114 Å². The molecular weight excluding hydrogens is 240 g/mol. The van der Waals surface area contributed by atoms with Gasteiger partial charge in [-0.25, -0.2) is 0 Å². The van der Waals surface area contributed by atoms with Crippen molar-refractivity contribution in [3.05, 3.63) is 24.5 Å². The van der Waals surface area contributed by atoms with Crippen LogP contribution in [0.4, 0.5) is 5.69 Å². The Kier molecular flexibility index (Phi) is 4.87. The van der Waals surface area contributed by atoms with Gasteiger partial charge in [-0.15, -0.1) is 0 Å². The molecule has 0 aromatic carbocycles. The minimum atomic E-state index is 0.143. The van der Waals surface area contributed by atoms with Crippen molar-refractivity contribution < 1.29 is 4.79 Å². The molecule has 0 aliphatic carbocycles. The second-order valence-electron chi connectivity index (χ2n) is 4.96. The summed E-state index contributed by atoms with van der Waals surface area (Å²) in [6.45, 7) is 4.98. The van der Waals surface area contributed by atoms with E-state index in [0.29, 0.717) is 19.1 Å². The van der Waals surface area contributed by atoms with Gasteiger partial charge < -0.3 is 10.6 Å². The van der Waals surface area contributed by atoms with Crippen molar-refractivity contribution >= 4 is 11.6 Å². The number of anilines is 1. The maximum atomic E-state index is 12.4. The highest BCUT2D eigenvalue weighted by Crippen LogP contribution is 2.14. The SMILES string of the molecule is CCN(C(=O)CN1CCC(N)CC1)c1ccncc1. The number of nitrogens with zero attached hydrogens (tertiary/aromatic N) is 3. The van der Waals surface area contributed by atoms with Gasteiger partial charge in [-0.05, 0) is 31.9 Å². The lowest BCUT2D eigenvalue weighted by atomic mass is 10.1. The summed E-state index contributed by atoms with van der Waals surface area (Å²) in [5.41, 5.74) is 6.79. The first-order valence-corrected chi connectivity index (χ1v) is 6.89. The molecule has 0 bridgehead atoms. The number of amides is 1. The lowest BCUT2D eigenvalue weighted by Crippen LogP contribution is -2.45. The zero-order valence-corrected chi connectivity index (χ0v) is 11.5. The molecule has 1 saturated heterocycles. The lowest BCUT2D eigenvalue weighted by Gasteiger charge is -2.31. The molecule has 1 aliphatic heterocycles. The van der Waals surface area contributed by atoms with Crippen LogP contribution in [0.1, 0.15) is 19.8 Å². The summed E-state index contributed by atoms with van der Waals surface area (Å²) in [7, 11) is 0. The largest absolute Gasteiger partial charge is 0.328 e. The molecule has 1 fully saturated rings. The molecule has 104 valence electrons. The summed E-state index contributed by atoms with van der Waals surface area (Å²) in [5, 5.41) is 0. The summed E-state index contributed by atoms with van der Waals surface area (Å²) in [4.78, 5) is 20.3. The van der Waals surface area contributed by atoms with Crippen molar-refractivity contribution in [2.75, 3.05) is 31.1 Å². The first-order valence-electron chi connectivity index (χ1n) is 6.89. The van der Waals surface area contributed by atoms with Gasteiger partial charge in [0, 0.05) is 43.8 Å². The molecule has 2 N–H and O–H groups in total. The van der Waals surface area contributed by atoms with Gasteiger partial charge in [0.05, 0.1) is 6.54 Å². The smallest absolute Gasteiger partial charge is 0.241 e. The monoisotopic (exact) mass is 262 g/mol. The minimum absolute atomic E-state index is 0.143. The molecule has 1 aliphatic rings. The van der Waals surface area contributed by atoms with Crippen LogP contribution >= 0.6 is 0 Å². The molecule has 0 atom stereocenters. The van der Waals surface area contributed by atoms with E-state index in [0.717, 1.165) is 31.6 Å². The molecule has 1 aromatic rings. The van der Waals surface area contributed by atoms with E-state index in [1.54, 1.807) is 17.3 Å². The average molecular weight is 262 g/mol. The predicted octanol–water partition coefficient (Wildman–Crippen LogP) is 0.858. The number of nitrogens with two attached hydrogens (primary N) is 1. The van der Waals surface area contributed by atoms with Crippen LogP contribution < -0.4 is 10.6 Å². The van der Waals surface area contributed by atoms with Gasteiger partial charge in [0.1, 0.15) is 0 Å². The Hall–Kier alpha value is -1.46. The summed E-state index contributed by atoms with van der Waals surface area (Å²) < 4.78 is 0. The number of likely N-dealkylation sites (tertiary alicyclic amines) is 1. The van der Waals surface area contributed by atoms with Crippen LogP contribution in [0.2, 0.25) is 0 Å². The van der Waals surface area contributed by atoms with E-state index in [1.165, 1.54) is 0 Å². The lowest BCUT2D eigenvalue weighted by molar-refractivity contribution is -0.120. The third-order valence-corrected chi connectivity index (χ3v) is 3.58. The highest BCUT2D eigenvalue weighted by atomic mass is 16.2. The molecule has 19 heavy (non-hydrogen) atoms. The Morgan fingerprint density at radius 1 is 1.42 bits per heavy atom. The molecule has 5 nitrogen and oxygen atoms in total. The van der Waals surface area contributed by atoms with Gasteiger partial charge in [-0.1, -0.05) is 0 Å². The average Bonchev–Trinajstić information content (AvgIpc) is 2.43. The summed E-state index contributed by atoms with van der Waals surface area (Å²) in [6.07, 6.45) is 5.39. The third-order valence-electron chi connectivity index (χ3n) is 3.58. The van der Waals surface area contributed by atoms with Crippen LogP contribution in [0.15, 0.2) is 24.5 Å². The Bertz CT molecular complexity index is 401. The fraction of sp³-hybridized carbons (Fsp3) is 0.571. The van der Waals surface area contributed by atoms with Crippen molar-refractivity contribution in [3.63, 3.8) is 0 Å². The predicted molar refractivity (Wildman–Crippen MR) is 75.9 cm³/mol. The van der Waals surface area contributed by atoms with Gasteiger partial charge in [-0.3, -0.25) is 14.7 Å². The topological polar surface area (TPSA) is 62.5 Å². The molecule has 0 unspecified atom stereocenters. The molecule has 2 heterocycles. The van der Waals surface area contributed by atoms with E-state index < -0.39 is 0 Å². The number of carbonyl (C=O) groups excluding carboxylic acids is 1. The Morgan fingerprint density at radius 2 is 2.05 bits per heavy atom. The fourth-order valence-electron chi connectivity index (χ4n) is 2.41. The van der Waals surface area contributed by atoms with Gasteiger partial charge in [0.2, 0.25) is 5.91 Å². The van der Waals surface area contributed by atoms with Gasteiger partial charge in [-0.2, -0.15) is 0 Å². The Morgan fingerprint density at radius 3 is 2.63 bits per heavy atom. The number of rotatable bonds is 4. The van der Waals surface area contributed by atoms with Crippen molar-refractivity contribution in [2.45, 2.75) is 25.8 Å². The second-order valence-corrected chi connectivity index (χ2v) is 4.96. The molecular formula is C14H22N4O. The van der Waals surface area contributed by atoms with E-state index in [9.17, 15) is 4.79 Å². The number of likely N-dealkylation sites (N-methyl/N-ethyl adjacent to an activating group) is 1. The third kappa shape index (κ3) is 3.75. The fourth-order valence-corrected chi connectivity index (χ4v) is 2.41. The first kappa shape index (κ1) is 14.0. The van der Waals surface area contributed by atoms with E-state index >= 15 is 0 Å². The number of piperidine rings is 1. The van der Waals surface area contributed by atoms with E-state index in [-0.39, 0.29) is 5.91 Å². The van der Waals surface area contributed by atoms with Crippen molar-refractivity contribution in [2.24, 2.45) is 5.73 Å². The van der Waals surface area contributed by atoms with Crippen LogP contribution in [-0.4, -0.2) is 48.0 Å².